The molecule has 0 amide bonds. The van der Waals surface area contributed by atoms with Crippen LogP contribution in [-0.4, -0.2) is 42.8 Å². The molecule has 1 aliphatic heterocycles. The summed E-state index contributed by atoms with van der Waals surface area (Å²) in [6.07, 6.45) is 0.0600. The molecular weight excluding hydrogens is 354 g/mol. The fourth-order valence-electron chi connectivity index (χ4n) is 2.91. The normalized spacial score (nSPS) is 16.0. The summed E-state index contributed by atoms with van der Waals surface area (Å²) in [5.74, 6) is 0.936. The third kappa shape index (κ3) is 4.35. The first-order chi connectivity index (χ1) is 12.1. The van der Waals surface area contributed by atoms with Crippen LogP contribution in [0.1, 0.15) is 6.92 Å². The largest absolute Gasteiger partial charge is 0.485 e. The Bertz CT molecular complexity index is 738. The van der Waals surface area contributed by atoms with Gasteiger partial charge in [0.2, 0.25) is 0 Å². The van der Waals surface area contributed by atoms with E-state index in [9.17, 15) is 0 Å². The summed E-state index contributed by atoms with van der Waals surface area (Å²) in [4.78, 5) is 4.35. The van der Waals surface area contributed by atoms with E-state index in [0.717, 1.165) is 30.2 Å². The number of benzene rings is 2. The number of nitrogens with one attached hydrogen (secondary N) is 1. The Kier molecular flexibility index (Phi) is 5.66. The van der Waals surface area contributed by atoms with E-state index < -0.39 is 0 Å². The molecule has 3 rings (SSSR count). The number of para-hydroxylation sites is 2. The highest BCUT2D eigenvalue weighted by Gasteiger charge is 2.26. The highest BCUT2D eigenvalue weighted by Crippen LogP contribution is 2.32. The van der Waals surface area contributed by atoms with Crippen molar-refractivity contribution in [2.24, 2.45) is 0 Å². The number of anilines is 2. The van der Waals surface area contributed by atoms with Gasteiger partial charge >= 0.3 is 0 Å². The van der Waals surface area contributed by atoms with E-state index in [0.29, 0.717) is 16.7 Å². The van der Waals surface area contributed by atoms with Gasteiger partial charge < -0.3 is 19.9 Å². The van der Waals surface area contributed by atoms with Gasteiger partial charge in [-0.15, -0.1) is 0 Å². The predicted octanol–water partition coefficient (Wildman–Crippen LogP) is 4.26. The zero-order valence-electron chi connectivity index (χ0n) is 14.4. The summed E-state index contributed by atoms with van der Waals surface area (Å²) < 4.78 is 6.16. The Morgan fingerprint density at radius 3 is 2.72 bits per heavy atom. The average Bonchev–Trinajstić information content (AvgIpc) is 2.62. The first-order valence-corrected chi connectivity index (χ1v) is 9.13. The molecule has 2 aromatic rings. The van der Waals surface area contributed by atoms with Gasteiger partial charge in [0.05, 0.1) is 18.8 Å². The molecular formula is C19H22ClN3OS. The van der Waals surface area contributed by atoms with Crippen LogP contribution in [0.3, 0.4) is 0 Å². The summed E-state index contributed by atoms with van der Waals surface area (Å²) in [5.41, 5.74) is 2.08. The second kappa shape index (κ2) is 7.93. The summed E-state index contributed by atoms with van der Waals surface area (Å²) in [6, 6.07) is 15.7. The van der Waals surface area contributed by atoms with Crippen molar-refractivity contribution in [2.75, 3.05) is 36.9 Å². The van der Waals surface area contributed by atoms with Crippen molar-refractivity contribution >= 4 is 40.3 Å². The van der Waals surface area contributed by atoms with Gasteiger partial charge in [-0.25, -0.2) is 0 Å². The molecule has 0 saturated carbocycles. The van der Waals surface area contributed by atoms with Crippen molar-refractivity contribution in [3.05, 3.63) is 53.6 Å². The zero-order chi connectivity index (χ0) is 17.8. The Labute approximate surface area is 159 Å². The quantitative estimate of drug-likeness (QED) is 0.806. The van der Waals surface area contributed by atoms with Gasteiger partial charge in [-0.2, -0.15) is 0 Å². The minimum atomic E-state index is 0.0600. The maximum atomic E-state index is 6.16. The minimum absolute atomic E-state index is 0.0600. The molecule has 2 aromatic carbocycles. The van der Waals surface area contributed by atoms with Gasteiger partial charge in [-0.3, -0.25) is 0 Å². The molecule has 0 aromatic heterocycles. The van der Waals surface area contributed by atoms with Crippen LogP contribution in [-0.2, 0) is 0 Å². The second-order valence-electron chi connectivity index (χ2n) is 6.06. The van der Waals surface area contributed by atoms with Crippen molar-refractivity contribution in [3.63, 3.8) is 0 Å². The molecule has 132 valence electrons. The topological polar surface area (TPSA) is 27.7 Å². The Morgan fingerprint density at radius 1 is 1.28 bits per heavy atom. The lowest BCUT2D eigenvalue weighted by atomic mass is 10.2. The molecule has 0 fully saturated rings. The SMILES string of the molecule is CCN1C[C@@H](CN(C)C(=S)Nc2ccc(Cl)cc2)Oc2ccccc21. The standard InChI is InChI=1S/C19H22ClN3OS/c1-3-23-13-16(24-18-7-5-4-6-17(18)23)12-22(2)19(25)21-15-10-8-14(20)9-11-15/h4-11,16H,3,12-13H2,1-2H3,(H,21,25)/t16-/m1/s1. The number of nitrogens with zero attached hydrogens (tertiary/aromatic N) is 2. The molecule has 4 nitrogen and oxygen atoms in total. The highest BCUT2D eigenvalue weighted by molar-refractivity contribution is 7.80. The van der Waals surface area contributed by atoms with Gasteiger partial charge in [-0.1, -0.05) is 23.7 Å². The van der Waals surface area contributed by atoms with Gasteiger partial charge in [-0.05, 0) is 55.5 Å². The number of thiocarbonyl (C=S) groups is 1. The van der Waals surface area contributed by atoms with Crippen molar-refractivity contribution in [2.45, 2.75) is 13.0 Å². The number of hydrogen-bond donors (Lipinski definition) is 1. The molecule has 1 atom stereocenters. The van der Waals surface area contributed by atoms with Crippen molar-refractivity contribution in [3.8, 4) is 5.75 Å². The van der Waals surface area contributed by atoms with Crippen LogP contribution in [0.25, 0.3) is 0 Å². The number of fused-ring (bicyclic) bond motifs is 1. The van der Waals surface area contributed by atoms with E-state index in [1.54, 1.807) is 0 Å². The van der Waals surface area contributed by atoms with Gasteiger partial charge in [0.15, 0.2) is 5.11 Å². The lowest BCUT2D eigenvalue weighted by Gasteiger charge is -2.37. The van der Waals surface area contributed by atoms with Gasteiger partial charge in [0, 0.05) is 24.3 Å². The Hall–Kier alpha value is -1.98. The van der Waals surface area contributed by atoms with Crippen molar-refractivity contribution < 1.29 is 4.74 Å². The van der Waals surface area contributed by atoms with Crippen LogP contribution < -0.4 is 15.0 Å². The molecule has 25 heavy (non-hydrogen) atoms. The zero-order valence-corrected chi connectivity index (χ0v) is 16.0. The number of halogens is 1. The Morgan fingerprint density at radius 2 is 2.00 bits per heavy atom. The predicted molar refractivity (Wildman–Crippen MR) is 109 cm³/mol. The van der Waals surface area contributed by atoms with Crippen molar-refractivity contribution in [1.82, 2.24) is 4.90 Å². The maximum Gasteiger partial charge on any atom is 0.173 e. The number of likely N-dealkylation sites (N-methyl/N-ethyl adjacent to an activating group) is 2. The van der Waals surface area contributed by atoms with E-state index in [2.05, 4.69) is 23.2 Å². The fraction of sp³-hybridized carbons (Fsp3) is 0.316. The van der Waals surface area contributed by atoms with Crippen LogP contribution in [0.15, 0.2) is 48.5 Å². The second-order valence-corrected chi connectivity index (χ2v) is 6.89. The fourth-order valence-corrected chi connectivity index (χ4v) is 3.23. The van der Waals surface area contributed by atoms with E-state index in [1.807, 2.05) is 54.4 Å². The number of hydrogen-bond acceptors (Lipinski definition) is 3. The minimum Gasteiger partial charge on any atom is -0.485 e. The average molecular weight is 376 g/mol. The molecule has 1 N–H and O–H groups in total. The third-order valence-corrected chi connectivity index (χ3v) is 4.89. The van der Waals surface area contributed by atoms with E-state index >= 15 is 0 Å². The Balaban J connectivity index is 1.62. The molecule has 1 heterocycles. The molecule has 0 spiro atoms. The first-order valence-electron chi connectivity index (χ1n) is 8.35. The molecule has 0 bridgehead atoms. The van der Waals surface area contributed by atoms with E-state index in [-0.39, 0.29) is 6.10 Å². The van der Waals surface area contributed by atoms with Gasteiger partial charge in [0.1, 0.15) is 11.9 Å². The van der Waals surface area contributed by atoms with E-state index in [1.165, 1.54) is 0 Å². The molecule has 0 saturated heterocycles. The summed E-state index contributed by atoms with van der Waals surface area (Å²) in [7, 11) is 1.98. The van der Waals surface area contributed by atoms with E-state index in [4.69, 9.17) is 28.6 Å². The molecule has 0 unspecified atom stereocenters. The van der Waals surface area contributed by atoms with Crippen LogP contribution in [0.5, 0.6) is 5.75 Å². The van der Waals surface area contributed by atoms with Crippen LogP contribution in [0, 0.1) is 0 Å². The molecule has 1 aliphatic rings. The first kappa shape index (κ1) is 17.8. The lowest BCUT2D eigenvalue weighted by molar-refractivity contribution is 0.169. The highest BCUT2D eigenvalue weighted by atomic mass is 35.5. The number of rotatable bonds is 4. The van der Waals surface area contributed by atoms with Crippen molar-refractivity contribution in [1.29, 1.82) is 0 Å². The van der Waals surface area contributed by atoms with Crippen LogP contribution >= 0.6 is 23.8 Å². The lowest BCUT2D eigenvalue weighted by Crippen LogP contribution is -2.47. The molecule has 6 heteroatoms. The van der Waals surface area contributed by atoms with Crippen LogP contribution in [0.4, 0.5) is 11.4 Å². The summed E-state index contributed by atoms with van der Waals surface area (Å²) >= 11 is 11.4. The van der Waals surface area contributed by atoms with Gasteiger partial charge in [0.25, 0.3) is 0 Å². The number of ether oxygens (including phenoxy) is 1. The smallest absolute Gasteiger partial charge is 0.173 e. The summed E-state index contributed by atoms with van der Waals surface area (Å²) in [6.45, 7) is 4.68. The summed E-state index contributed by atoms with van der Waals surface area (Å²) in [5, 5.41) is 4.60. The van der Waals surface area contributed by atoms with Crippen LogP contribution in [0.2, 0.25) is 5.02 Å². The third-order valence-electron chi connectivity index (χ3n) is 4.23. The molecule has 0 radical (unpaired) electrons. The maximum absolute atomic E-state index is 6.16. The monoisotopic (exact) mass is 375 g/mol. The molecule has 0 aliphatic carbocycles.